The number of nitrogens with zero attached hydrogens (tertiary/aromatic N) is 1. The van der Waals surface area contributed by atoms with Crippen molar-refractivity contribution in [1.82, 2.24) is 4.90 Å². The van der Waals surface area contributed by atoms with Crippen LogP contribution in [0.2, 0.25) is 0 Å². The maximum absolute atomic E-state index is 12.1. The highest BCUT2D eigenvalue weighted by molar-refractivity contribution is 5.67. The van der Waals surface area contributed by atoms with Crippen LogP contribution in [0.5, 0.6) is 0 Å². The van der Waals surface area contributed by atoms with Gasteiger partial charge < -0.3 is 14.2 Å². The fourth-order valence-electron chi connectivity index (χ4n) is 10.0. The van der Waals surface area contributed by atoms with Crippen molar-refractivity contribution in [3.63, 3.8) is 0 Å². The molecule has 10 atom stereocenters. The lowest BCUT2D eigenvalue weighted by molar-refractivity contribution is -0.422. The van der Waals surface area contributed by atoms with Crippen molar-refractivity contribution >= 4 is 5.97 Å². The Hall–Kier alpha value is -0.910. The van der Waals surface area contributed by atoms with E-state index in [9.17, 15) is 4.79 Å². The Morgan fingerprint density at radius 3 is 2.86 bits per heavy atom. The van der Waals surface area contributed by atoms with Crippen LogP contribution < -0.4 is 0 Å². The Labute approximate surface area is 173 Å². The summed E-state index contributed by atoms with van der Waals surface area (Å²) in [6.07, 6.45) is 8.86. The minimum Gasteiger partial charge on any atom is -0.457 e. The second-order valence-electron chi connectivity index (χ2n) is 11.4. The number of hydrogen-bond donors (Lipinski definition) is 0. The highest BCUT2D eigenvalue weighted by atomic mass is 16.6. The van der Waals surface area contributed by atoms with Gasteiger partial charge >= 0.3 is 5.97 Å². The fraction of sp³-hybridized carbons (Fsp3) is 0.875. The quantitative estimate of drug-likeness (QED) is 0.499. The van der Waals surface area contributed by atoms with Gasteiger partial charge in [-0.05, 0) is 61.9 Å². The van der Waals surface area contributed by atoms with Gasteiger partial charge in [0.25, 0.3) is 0 Å². The average molecular weight is 400 g/mol. The van der Waals surface area contributed by atoms with Gasteiger partial charge in [0.05, 0.1) is 12.7 Å². The summed E-state index contributed by atoms with van der Waals surface area (Å²) >= 11 is 0. The summed E-state index contributed by atoms with van der Waals surface area (Å²) in [5, 5.41) is 0. The Balaban J connectivity index is 1.42. The molecule has 4 heterocycles. The highest BCUT2D eigenvalue weighted by Gasteiger charge is 2.81. The molecule has 5 aliphatic carbocycles. The summed E-state index contributed by atoms with van der Waals surface area (Å²) in [4.78, 5) is 14.7. The molecule has 29 heavy (non-hydrogen) atoms. The van der Waals surface area contributed by atoms with Crippen LogP contribution in [0.4, 0.5) is 0 Å². The SMILES string of the molecule is C=C1[C@H]2CC[C@@]3([C@@H](C2)[C@]24CCC[C@]5(C)[C@H]2C[C@H]3O[C@@H]4N2CCO[C@@H]25)[C@H]1OC(C)=O. The number of carbonyl (C=O) groups excluding carboxylic acids is 1. The van der Waals surface area contributed by atoms with Crippen LogP contribution in [0.15, 0.2) is 12.2 Å². The first-order chi connectivity index (χ1) is 13.9. The molecule has 9 aliphatic rings. The maximum Gasteiger partial charge on any atom is 0.303 e. The molecular formula is C24H33NO4. The lowest BCUT2D eigenvalue weighted by atomic mass is 9.32. The molecule has 9 rings (SSSR count). The van der Waals surface area contributed by atoms with E-state index >= 15 is 0 Å². The third kappa shape index (κ3) is 1.74. The van der Waals surface area contributed by atoms with Crippen molar-refractivity contribution in [2.45, 2.75) is 83.5 Å². The summed E-state index contributed by atoms with van der Waals surface area (Å²) in [6.45, 7) is 10.3. The van der Waals surface area contributed by atoms with Crippen LogP contribution in [0.25, 0.3) is 0 Å². The molecule has 0 aromatic rings. The van der Waals surface area contributed by atoms with Crippen molar-refractivity contribution in [2.75, 3.05) is 13.2 Å². The lowest BCUT2D eigenvalue weighted by Crippen LogP contribution is -2.83. The number of piperidine rings is 1. The number of esters is 1. The van der Waals surface area contributed by atoms with Gasteiger partial charge in [0.15, 0.2) is 0 Å². The molecule has 0 aromatic heterocycles. The number of rotatable bonds is 1. The minimum atomic E-state index is -0.169. The molecule has 2 spiro atoms. The smallest absolute Gasteiger partial charge is 0.303 e. The normalized spacial score (nSPS) is 59.4. The zero-order chi connectivity index (χ0) is 19.8. The molecule has 0 N–H and O–H groups in total. The summed E-state index contributed by atoms with van der Waals surface area (Å²) in [5.41, 5.74) is 1.51. The van der Waals surface area contributed by atoms with E-state index in [0.29, 0.717) is 17.8 Å². The molecule has 9 fully saturated rings. The largest absolute Gasteiger partial charge is 0.457 e. The van der Waals surface area contributed by atoms with E-state index in [4.69, 9.17) is 14.2 Å². The molecular weight excluding hydrogens is 366 g/mol. The Morgan fingerprint density at radius 2 is 2.03 bits per heavy atom. The predicted molar refractivity (Wildman–Crippen MR) is 106 cm³/mol. The van der Waals surface area contributed by atoms with E-state index in [2.05, 4.69) is 18.4 Å². The van der Waals surface area contributed by atoms with Crippen molar-refractivity contribution in [1.29, 1.82) is 0 Å². The van der Waals surface area contributed by atoms with Crippen molar-refractivity contribution in [2.24, 2.45) is 34.0 Å². The lowest BCUT2D eigenvalue weighted by Gasteiger charge is -2.80. The monoisotopic (exact) mass is 399 g/mol. The first-order valence-corrected chi connectivity index (χ1v) is 11.8. The van der Waals surface area contributed by atoms with Crippen LogP contribution in [0.3, 0.4) is 0 Å². The topological polar surface area (TPSA) is 48.0 Å². The summed E-state index contributed by atoms with van der Waals surface area (Å²) in [7, 11) is 0. The summed E-state index contributed by atoms with van der Waals surface area (Å²) in [6, 6.07) is 0. The van der Waals surface area contributed by atoms with Crippen LogP contribution in [0.1, 0.15) is 58.8 Å². The van der Waals surface area contributed by atoms with E-state index in [1.54, 1.807) is 6.92 Å². The van der Waals surface area contributed by atoms with Crippen LogP contribution in [-0.2, 0) is 19.0 Å². The molecule has 7 bridgehead atoms. The van der Waals surface area contributed by atoms with Crippen molar-refractivity contribution < 1.29 is 19.0 Å². The van der Waals surface area contributed by atoms with Crippen molar-refractivity contribution in [3.8, 4) is 0 Å². The number of ether oxygens (including phenoxy) is 3. The first kappa shape index (κ1) is 17.7. The molecule has 0 amide bonds. The van der Waals surface area contributed by atoms with E-state index < -0.39 is 0 Å². The van der Waals surface area contributed by atoms with Gasteiger partial charge in [0.1, 0.15) is 18.6 Å². The van der Waals surface area contributed by atoms with E-state index in [1.165, 1.54) is 37.7 Å². The fourth-order valence-corrected chi connectivity index (χ4v) is 10.0. The van der Waals surface area contributed by atoms with Gasteiger partial charge in [0.2, 0.25) is 0 Å². The third-order valence-electron chi connectivity index (χ3n) is 10.7. The highest BCUT2D eigenvalue weighted by Crippen LogP contribution is 2.79. The molecule has 5 heteroatoms. The minimum absolute atomic E-state index is 0.0594. The molecule has 4 saturated heterocycles. The third-order valence-corrected chi connectivity index (χ3v) is 10.7. The maximum atomic E-state index is 12.1. The zero-order valence-electron chi connectivity index (χ0n) is 17.7. The number of carbonyl (C=O) groups is 1. The van der Waals surface area contributed by atoms with Gasteiger partial charge in [0, 0.05) is 29.7 Å². The average Bonchev–Trinajstić information content (AvgIpc) is 3.19. The van der Waals surface area contributed by atoms with Gasteiger partial charge in [-0.15, -0.1) is 0 Å². The molecule has 0 unspecified atom stereocenters. The standard InChI is InChI=1S/C24H33NO4/c1-13-15-5-8-24(19(13)28-14(2)26)17(11-15)23-7-4-6-22(3)16(23)12-18(24)29-21(23)25-9-10-27-20(22)25/h15-21H,1,4-12H2,2-3H3/t15-,16+,17-,18+,19-,20+,21-,22+,23-,24-/m0/s1. The number of fused-ring (bicyclic) bond motifs is 4. The van der Waals surface area contributed by atoms with Crippen LogP contribution in [0, 0.1) is 34.0 Å². The zero-order valence-corrected chi connectivity index (χ0v) is 17.7. The second-order valence-corrected chi connectivity index (χ2v) is 11.4. The Morgan fingerprint density at radius 1 is 1.17 bits per heavy atom. The molecule has 5 nitrogen and oxygen atoms in total. The molecule has 0 aromatic carbocycles. The summed E-state index contributed by atoms with van der Waals surface area (Å²) in [5.74, 6) is 1.57. The van der Waals surface area contributed by atoms with Crippen LogP contribution >= 0.6 is 0 Å². The van der Waals surface area contributed by atoms with Crippen LogP contribution in [-0.4, -0.2) is 48.7 Å². The number of hydrogen-bond acceptors (Lipinski definition) is 5. The predicted octanol–water partition coefficient (Wildman–Crippen LogP) is 3.48. The van der Waals surface area contributed by atoms with Crippen molar-refractivity contribution in [3.05, 3.63) is 12.2 Å². The Kier molecular flexibility index (Phi) is 3.23. The van der Waals surface area contributed by atoms with E-state index in [-0.39, 0.29) is 46.9 Å². The van der Waals surface area contributed by atoms with E-state index in [0.717, 1.165) is 26.0 Å². The van der Waals surface area contributed by atoms with Gasteiger partial charge in [-0.1, -0.05) is 19.9 Å². The summed E-state index contributed by atoms with van der Waals surface area (Å²) < 4.78 is 19.5. The molecule has 0 radical (unpaired) electrons. The molecule has 158 valence electrons. The molecule has 4 aliphatic heterocycles. The second kappa shape index (κ2) is 5.28. The van der Waals surface area contributed by atoms with E-state index in [1.807, 2.05) is 0 Å². The first-order valence-electron chi connectivity index (χ1n) is 11.8. The van der Waals surface area contributed by atoms with Gasteiger partial charge in [-0.25, -0.2) is 4.90 Å². The Bertz CT molecular complexity index is 813. The molecule has 5 saturated carbocycles. The van der Waals surface area contributed by atoms with Gasteiger partial charge in [-0.3, -0.25) is 4.79 Å². The van der Waals surface area contributed by atoms with Gasteiger partial charge in [-0.2, -0.15) is 0 Å².